The molecular formula is C14H27NO2. The van der Waals surface area contributed by atoms with Crippen LogP contribution in [0.2, 0.25) is 0 Å². The fraction of sp³-hybridized carbons (Fsp3) is 0.929. The number of hydrogen-bond acceptors (Lipinski definition) is 3. The molecule has 0 radical (unpaired) electrons. The maximum absolute atomic E-state index is 11.6. The van der Waals surface area contributed by atoms with E-state index in [0.717, 1.165) is 19.6 Å². The average molecular weight is 241 g/mol. The second-order valence-corrected chi connectivity index (χ2v) is 5.62. The summed E-state index contributed by atoms with van der Waals surface area (Å²) >= 11 is 0. The summed E-state index contributed by atoms with van der Waals surface area (Å²) in [7, 11) is 0. The van der Waals surface area contributed by atoms with Crippen LogP contribution in [-0.4, -0.2) is 37.1 Å². The molecule has 0 bridgehead atoms. The number of rotatable bonds is 5. The Morgan fingerprint density at radius 1 is 1.35 bits per heavy atom. The van der Waals surface area contributed by atoms with Gasteiger partial charge in [-0.15, -0.1) is 0 Å². The van der Waals surface area contributed by atoms with Gasteiger partial charge in [0.25, 0.3) is 0 Å². The summed E-state index contributed by atoms with van der Waals surface area (Å²) < 4.78 is 5.04. The second kappa shape index (κ2) is 6.39. The average Bonchev–Trinajstić information content (AvgIpc) is 2.32. The Morgan fingerprint density at radius 3 is 2.41 bits per heavy atom. The van der Waals surface area contributed by atoms with Crippen LogP contribution in [0.25, 0.3) is 0 Å². The third-order valence-electron chi connectivity index (χ3n) is 4.14. The van der Waals surface area contributed by atoms with E-state index in [-0.39, 0.29) is 11.9 Å². The molecule has 3 nitrogen and oxygen atoms in total. The highest BCUT2D eigenvalue weighted by Crippen LogP contribution is 2.34. The molecule has 3 heteroatoms. The quantitative estimate of drug-likeness (QED) is 0.693. The van der Waals surface area contributed by atoms with E-state index < -0.39 is 0 Å². The van der Waals surface area contributed by atoms with Crippen LogP contribution in [0.1, 0.15) is 47.0 Å². The van der Waals surface area contributed by atoms with E-state index >= 15 is 0 Å². The minimum Gasteiger partial charge on any atom is -0.466 e. The molecule has 1 saturated heterocycles. The number of nitrogens with zero attached hydrogens (tertiary/aromatic N) is 1. The van der Waals surface area contributed by atoms with Gasteiger partial charge in [-0.3, -0.25) is 4.79 Å². The van der Waals surface area contributed by atoms with Crippen molar-refractivity contribution < 1.29 is 9.53 Å². The van der Waals surface area contributed by atoms with Gasteiger partial charge in [0.05, 0.1) is 12.5 Å². The van der Waals surface area contributed by atoms with Crippen LogP contribution >= 0.6 is 0 Å². The van der Waals surface area contributed by atoms with Crippen molar-refractivity contribution in [1.29, 1.82) is 0 Å². The zero-order chi connectivity index (χ0) is 12.9. The summed E-state index contributed by atoms with van der Waals surface area (Å²) in [5.41, 5.74) is 0.518. The molecule has 1 unspecified atom stereocenters. The number of carbonyl (C=O) groups is 1. The Hall–Kier alpha value is -0.570. The number of likely N-dealkylation sites (tertiary alicyclic amines) is 1. The molecule has 0 aromatic heterocycles. The fourth-order valence-electron chi connectivity index (χ4n) is 2.38. The smallest absolute Gasteiger partial charge is 0.309 e. The van der Waals surface area contributed by atoms with Gasteiger partial charge in [-0.05, 0) is 38.3 Å². The van der Waals surface area contributed by atoms with Crippen LogP contribution in [0, 0.1) is 11.3 Å². The van der Waals surface area contributed by atoms with Crippen molar-refractivity contribution in [2.45, 2.75) is 47.0 Å². The van der Waals surface area contributed by atoms with E-state index in [1.54, 1.807) is 0 Å². The Morgan fingerprint density at radius 2 is 1.94 bits per heavy atom. The van der Waals surface area contributed by atoms with E-state index in [0.29, 0.717) is 12.0 Å². The predicted octanol–water partition coefficient (Wildman–Crippen LogP) is 2.70. The molecule has 0 aromatic rings. The third kappa shape index (κ3) is 4.30. The van der Waals surface area contributed by atoms with Crippen LogP contribution in [0.3, 0.4) is 0 Å². The second-order valence-electron chi connectivity index (χ2n) is 5.62. The van der Waals surface area contributed by atoms with Crippen molar-refractivity contribution in [3.05, 3.63) is 0 Å². The van der Waals surface area contributed by atoms with E-state index in [2.05, 4.69) is 18.7 Å². The molecule has 0 amide bonds. The van der Waals surface area contributed by atoms with Gasteiger partial charge in [-0.2, -0.15) is 0 Å². The van der Waals surface area contributed by atoms with Crippen molar-refractivity contribution in [3.63, 3.8) is 0 Å². The first-order valence-corrected chi connectivity index (χ1v) is 6.89. The zero-order valence-corrected chi connectivity index (χ0v) is 11.8. The van der Waals surface area contributed by atoms with Crippen LogP contribution in [0.5, 0.6) is 0 Å². The Balaban J connectivity index is 2.33. The SMILES string of the molecule is CCOC(=O)C(C)CN1CCC(C)(CC)CC1. The maximum atomic E-state index is 11.6. The molecule has 1 atom stereocenters. The van der Waals surface area contributed by atoms with Gasteiger partial charge < -0.3 is 9.64 Å². The summed E-state index contributed by atoms with van der Waals surface area (Å²) in [6.45, 7) is 12.0. The Labute approximate surface area is 106 Å². The lowest BCUT2D eigenvalue weighted by Crippen LogP contribution is -2.41. The predicted molar refractivity (Wildman–Crippen MR) is 69.9 cm³/mol. The highest BCUT2D eigenvalue weighted by atomic mass is 16.5. The number of ether oxygens (including phenoxy) is 1. The van der Waals surface area contributed by atoms with Gasteiger partial charge in [0.15, 0.2) is 0 Å². The number of carbonyl (C=O) groups excluding carboxylic acids is 1. The first kappa shape index (κ1) is 14.5. The lowest BCUT2D eigenvalue weighted by molar-refractivity contribution is -0.148. The molecule has 0 spiro atoms. The lowest BCUT2D eigenvalue weighted by Gasteiger charge is -2.39. The fourth-order valence-corrected chi connectivity index (χ4v) is 2.38. The minimum absolute atomic E-state index is 0.000864. The highest BCUT2D eigenvalue weighted by molar-refractivity contribution is 5.72. The van der Waals surface area contributed by atoms with Crippen molar-refractivity contribution in [2.24, 2.45) is 11.3 Å². The van der Waals surface area contributed by atoms with Crippen LogP contribution in [0.15, 0.2) is 0 Å². The monoisotopic (exact) mass is 241 g/mol. The number of esters is 1. The van der Waals surface area contributed by atoms with Gasteiger partial charge in [0.2, 0.25) is 0 Å². The van der Waals surface area contributed by atoms with Crippen molar-refractivity contribution in [3.8, 4) is 0 Å². The lowest BCUT2D eigenvalue weighted by atomic mass is 9.78. The molecule has 0 saturated carbocycles. The molecule has 1 fully saturated rings. The van der Waals surface area contributed by atoms with Gasteiger partial charge in [-0.25, -0.2) is 0 Å². The molecular weight excluding hydrogens is 214 g/mol. The van der Waals surface area contributed by atoms with E-state index in [9.17, 15) is 4.79 Å². The van der Waals surface area contributed by atoms with Gasteiger partial charge in [0.1, 0.15) is 0 Å². The summed E-state index contributed by atoms with van der Waals surface area (Å²) in [6.07, 6.45) is 3.76. The summed E-state index contributed by atoms with van der Waals surface area (Å²) in [5.74, 6) is -0.0581. The van der Waals surface area contributed by atoms with Crippen molar-refractivity contribution >= 4 is 5.97 Å². The van der Waals surface area contributed by atoms with Crippen LogP contribution in [0.4, 0.5) is 0 Å². The minimum atomic E-state index is -0.0590. The number of hydrogen-bond donors (Lipinski definition) is 0. The van der Waals surface area contributed by atoms with Gasteiger partial charge in [0, 0.05) is 6.54 Å². The van der Waals surface area contributed by atoms with E-state index in [1.165, 1.54) is 19.3 Å². The van der Waals surface area contributed by atoms with E-state index in [4.69, 9.17) is 4.74 Å². The molecule has 1 rings (SSSR count). The number of piperidine rings is 1. The van der Waals surface area contributed by atoms with Crippen LogP contribution < -0.4 is 0 Å². The molecule has 1 aliphatic heterocycles. The standard InChI is InChI=1S/C14H27NO2/c1-5-14(4)7-9-15(10-8-14)11-12(3)13(16)17-6-2/h12H,5-11H2,1-4H3. The van der Waals surface area contributed by atoms with Crippen molar-refractivity contribution in [1.82, 2.24) is 4.90 Å². The maximum Gasteiger partial charge on any atom is 0.309 e. The van der Waals surface area contributed by atoms with Gasteiger partial charge in [-0.1, -0.05) is 27.2 Å². The topological polar surface area (TPSA) is 29.5 Å². The molecule has 0 aromatic carbocycles. The largest absolute Gasteiger partial charge is 0.466 e. The molecule has 1 heterocycles. The van der Waals surface area contributed by atoms with Crippen LogP contribution in [-0.2, 0) is 9.53 Å². The Kier molecular flexibility index (Phi) is 5.44. The van der Waals surface area contributed by atoms with E-state index in [1.807, 2.05) is 13.8 Å². The first-order chi connectivity index (χ1) is 8.00. The molecule has 100 valence electrons. The van der Waals surface area contributed by atoms with Crippen molar-refractivity contribution in [2.75, 3.05) is 26.2 Å². The molecule has 17 heavy (non-hydrogen) atoms. The van der Waals surface area contributed by atoms with Gasteiger partial charge >= 0.3 is 5.97 Å². The normalized spacial score (nSPS) is 22.1. The summed E-state index contributed by atoms with van der Waals surface area (Å²) in [5, 5.41) is 0. The summed E-state index contributed by atoms with van der Waals surface area (Å²) in [6, 6.07) is 0. The zero-order valence-electron chi connectivity index (χ0n) is 11.8. The molecule has 1 aliphatic rings. The third-order valence-corrected chi connectivity index (χ3v) is 4.14. The Bertz CT molecular complexity index is 245. The summed E-state index contributed by atoms with van der Waals surface area (Å²) in [4.78, 5) is 14.0. The highest BCUT2D eigenvalue weighted by Gasteiger charge is 2.29. The molecule has 0 N–H and O–H groups in total. The first-order valence-electron chi connectivity index (χ1n) is 6.89. The molecule has 0 aliphatic carbocycles.